The Balaban J connectivity index is 1.78. The van der Waals surface area contributed by atoms with Crippen LogP contribution in [0, 0.1) is 3.57 Å². The van der Waals surface area contributed by atoms with E-state index in [0.29, 0.717) is 12.1 Å². The molecule has 22 heavy (non-hydrogen) atoms. The van der Waals surface area contributed by atoms with Crippen molar-refractivity contribution in [3.63, 3.8) is 0 Å². The van der Waals surface area contributed by atoms with E-state index in [1.165, 1.54) is 0 Å². The van der Waals surface area contributed by atoms with E-state index in [1.807, 2.05) is 42.5 Å². The highest BCUT2D eigenvalue weighted by Gasteiger charge is 2.22. The molecule has 1 heterocycles. The molecule has 5 heteroatoms. The van der Waals surface area contributed by atoms with Crippen LogP contribution in [0.1, 0.15) is 22.8 Å². The van der Waals surface area contributed by atoms with Gasteiger partial charge < -0.3 is 10.2 Å². The molecular weight excluding hydrogens is 391 g/mol. The molecule has 112 valence electrons. The van der Waals surface area contributed by atoms with Crippen molar-refractivity contribution in [3.05, 3.63) is 57.2 Å². The van der Waals surface area contributed by atoms with Crippen molar-refractivity contribution in [3.8, 4) is 0 Å². The van der Waals surface area contributed by atoms with Crippen LogP contribution in [0.4, 0.5) is 11.4 Å². The van der Waals surface area contributed by atoms with Crippen LogP contribution in [0.15, 0.2) is 42.5 Å². The Kier molecular flexibility index (Phi) is 4.15. The number of benzene rings is 2. The molecule has 0 aromatic heterocycles. The molecule has 1 aliphatic rings. The minimum atomic E-state index is -0.127. The van der Waals surface area contributed by atoms with Crippen molar-refractivity contribution >= 4 is 45.8 Å². The van der Waals surface area contributed by atoms with Crippen LogP contribution in [-0.4, -0.2) is 18.4 Å². The minimum Gasteiger partial charge on any atom is -0.322 e. The van der Waals surface area contributed by atoms with Gasteiger partial charge in [0.05, 0.1) is 0 Å². The van der Waals surface area contributed by atoms with Crippen LogP contribution < -0.4 is 10.2 Å². The second kappa shape index (κ2) is 6.08. The Morgan fingerprint density at radius 3 is 2.55 bits per heavy atom. The number of hydrogen-bond donors (Lipinski definition) is 1. The number of carbonyl (C=O) groups is 2. The van der Waals surface area contributed by atoms with E-state index in [9.17, 15) is 9.59 Å². The molecule has 1 N–H and O–H groups in total. The Hall–Kier alpha value is -1.89. The molecule has 3 rings (SSSR count). The maximum absolute atomic E-state index is 12.2. The van der Waals surface area contributed by atoms with Crippen molar-refractivity contribution in [2.75, 3.05) is 16.8 Å². The summed E-state index contributed by atoms with van der Waals surface area (Å²) in [5, 5.41) is 2.91. The van der Waals surface area contributed by atoms with E-state index in [2.05, 4.69) is 27.9 Å². The van der Waals surface area contributed by atoms with Gasteiger partial charge in [-0.2, -0.15) is 0 Å². The van der Waals surface area contributed by atoms with E-state index in [1.54, 1.807) is 11.8 Å². The lowest BCUT2D eigenvalue weighted by Crippen LogP contribution is -2.25. The lowest BCUT2D eigenvalue weighted by atomic mass is 10.1. The predicted molar refractivity (Wildman–Crippen MR) is 95.3 cm³/mol. The number of hydrogen-bond acceptors (Lipinski definition) is 2. The molecule has 0 radical (unpaired) electrons. The number of nitrogens with one attached hydrogen (secondary N) is 1. The SMILES string of the molecule is CC(=O)N1CCc2cc(NC(=O)c3ccc(I)cc3)ccc21. The number of nitrogens with zero attached hydrogens (tertiary/aromatic N) is 1. The zero-order valence-corrected chi connectivity index (χ0v) is 14.3. The first-order chi connectivity index (χ1) is 10.5. The molecule has 0 saturated heterocycles. The highest BCUT2D eigenvalue weighted by Crippen LogP contribution is 2.30. The third-order valence-corrected chi connectivity index (χ3v) is 4.44. The van der Waals surface area contributed by atoms with Gasteiger partial charge in [-0.1, -0.05) is 0 Å². The predicted octanol–water partition coefficient (Wildman–Crippen LogP) is 3.45. The summed E-state index contributed by atoms with van der Waals surface area (Å²) < 4.78 is 1.09. The van der Waals surface area contributed by atoms with Crippen LogP contribution in [0.3, 0.4) is 0 Å². The largest absolute Gasteiger partial charge is 0.322 e. The van der Waals surface area contributed by atoms with Gasteiger partial charge in [-0.05, 0) is 77.0 Å². The monoisotopic (exact) mass is 406 g/mol. The van der Waals surface area contributed by atoms with Gasteiger partial charge in [-0.15, -0.1) is 0 Å². The zero-order valence-electron chi connectivity index (χ0n) is 12.1. The third kappa shape index (κ3) is 2.99. The summed E-state index contributed by atoms with van der Waals surface area (Å²) in [5.74, 6) is -0.0767. The van der Waals surface area contributed by atoms with Crippen LogP contribution in [-0.2, 0) is 11.2 Å². The Morgan fingerprint density at radius 2 is 1.86 bits per heavy atom. The number of rotatable bonds is 2. The fourth-order valence-corrected chi connectivity index (χ4v) is 2.97. The second-order valence-electron chi connectivity index (χ2n) is 5.23. The summed E-state index contributed by atoms with van der Waals surface area (Å²) >= 11 is 2.21. The highest BCUT2D eigenvalue weighted by atomic mass is 127. The van der Waals surface area contributed by atoms with Gasteiger partial charge in [0.1, 0.15) is 0 Å². The Morgan fingerprint density at radius 1 is 1.14 bits per heavy atom. The highest BCUT2D eigenvalue weighted by molar-refractivity contribution is 14.1. The van der Waals surface area contributed by atoms with Crippen molar-refractivity contribution in [1.29, 1.82) is 0 Å². The van der Waals surface area contributed by atoms with E-state index >= 15 is 0 Å². The topological polar surface area (TPSA) is 49.4 Å². The summed E-state index contributed by atoms with van der Waals surface area (Å²) in [6.45, 7) is 2.28. The Bertz CT molecular complexity index is 741. The average Bonchev–Trinajstić information content (AvgIpc) is 2.91. The molecule has 0 aliphatic carbocycles. The molecule has 0 bridgehead atoms. The summed E-state index contributed by atoms with van der Waals surface area (Å²) in [5.41, 5.74) is 3.43. The first-order valence-electron chi connectivity index (χ1n) is 7.02. The van der Waals surface area contributed by atoms with Crippen molar-refractivity contribution in [1.82, 2.24) is 0 Å². The summed E-state index contributed by atoms with van der Waals surface area (Å²) in [4.78, 5) is 25.5. The molecule has 2 amide bonds. The molecule has 1 aliphatic heterocycles. The van der Waals surface area contributed by atoms with Crippen LogP contribution in [0.2, 0.25) is 0 Å². The van der Waals surface area contributed by atoms with Gasteiger partial charge in [0.2, 0.25) is 5.91 Å². The second-order valence-corrected chi connectivity index (χ2v) is 6.47. The Labute approximate surface area is 142 Å². The zero-order chi connectivity index (χ0) is 15.7. The average molecular weight is 406 g/mol. The van der Waals surface area contributed by atoms with Gasteiger partial charge in [-0.3, -0.25) is 9.59 Å². The van der Waals surface area contributed by atoms with Gasteiger partial charge in [0.25, 0.3) is 5.91 Å². The van der Waals surface area contributed by atoms with Gasteiger partial charge in [0, 0.05) is 34.0 Å². The standard InChI is InChI=1S/C17H15IN2O2/c1-11(21)20-9-8-13-10-15(6-7-16(13)20)19-17(22)12-2-4-14(18)5-3-12/h2-7,10H,8-9H2,1H3,(H,19,22). The summed E-state index contributed by atoms with van der Waals surface area (Å²) in [6, 6.07) is 13.1. The molecule has 0 saturated carbocycles. The summed E-state index contributed by atoms with van der Waals surface area (Å²) in [6.07, 6.45) is 0.822. The molecule has 0 spiro atoms. The lowest BCUT2D eigenvalue weighted by Gasteiger charge is -2.15. The minimum absolute atomic E-state index is 0.0504. The van der Waals surface area contributed by atoms with Crippen LogP contribution in [0.25, 0.3) is 0 Å². The van der Waals surface area contributed by atoms with E-state index in [-0.39, 0.29) is 11.8 Å². The van der Waals surface area contributed by atoms with Crippen LogP contribution >= 0.6 is 22.6 Å². The number of carbonyl (C=O) groups excluding carboxylic acids is 2. The van der Waals surface area contributed by atoms with E-state index in [4.69, 9.17) is 0 Å². The first kappa shape index (κ1) is 15.0. The molecule has 0 atom stereocenters. The van der Waals surface area contributed by atoms with Crippen molar-refractivity contribution in [2.45, 2.75) is 13.3 Å². The van der Waals surface area contributed by atoms with Gasteiger partial charge in [-0.25, -0.2) is 0 Å². The van der Waals surface area contributed by atoms with E-state index < -0.39 is 0 Å². The third-order valence-electron chi connectivity index (χ3n) is 3.72. The first-order valence-corrected chi connectivity index (χ1v) is 8.10. The molecule has 2 aromatic carbocycles. The molecule has 4 nitrogen and oxygen atoms in total. The van der Waals surface area contributed by atoms with Crippen molar-refractivity contribution in [2.24, 2.45) is 0 Å². The van der Waals surface area contributed by atoms with Crippen molar-refractivity contribution < 1.29 is 9.59 Å². The normalized spacial score (nSPS) is 12.9. The fourth-order valence-electron chi connectivity index (χ4n) is 2.61. The smallest absolute Gasteiger partial charge is 0.255 e. The number of fused-ring (bicyclic) bond motifs is 1. The number of amides is 2. The maximum Gasteiger partial charge on any atom is 0.255 e. The van der Waals surface area contributed by atoms with Gasteiger partial charge in [0.15, 0.2) is 0 Å². The molecular formula is C17H15IN2O2. The molecule has 0 fully saturated rings. The molecule has 2 aromatic rings. The molecule has 0 unspecified atom stereocenters. The lowest BCUT2D eigenvalue weighted by molar-refractivity contribution is -0.116. The summed E-state index contributed by atoms with van der Waals surface area (Å²) in [7, 11) is 0. The fraction of sp³-hybridized carbons (Fsp3) is 0.176. The van der Waals surface area contributed by atoms with E-state index in [0.717, 1.165) is 26.9 Å². The van der Waals surface area contributed by atoms with Crippen LogP contribution in [0.5, 0.6) is 0 Å². The quantitative estimate of drug-likeness (QED) is 0.777. The maximum atomic E-state index is 12.2. The van der Waals surface area contributed by atoms with Gasteiger partial charge >= 0.3 is 0 Å². The number of anilines is 2. The number of halogens is 1.